The average Bonchev–Trinajstić information content (AvgIpc) is 3.21. The Kier molecular flexibility index (Phi) is 3.50. The van der Waals surface area contributed by atoms with Crippen LogP contribution in [0.15, 0.2) is 22.6 Å². The van der Waals surface area contributed by atoms with Crippen LogP contribution in [0, 0.1) is 6.92 Å². The number of para-hydroxylation sites is 1. The van der Waals surface area contributed by atoms with Crippen molar-refractivity contribution in [3.63, 3.8) is 0 Å². The van der Waals surface area contributed by atoms with E-state index in [4.69, 9.17) is 9.40 Å². The molecule has 1 N–H and O–H groups in total. The molecular formula is C19H23N5O. The summed E-state index contributed by atoms with van der Waals surface area (Å²) in [6, 6.07) is 6.97. The molecule has 1 aliphatic heterocycles. The molecule has 0 bridgehead atoms. The number of anilines is 1. The number of nitrogens with one attached hydrogen (secondary N) is 1. The number of aromatic amines is 1. The molecule has 0 amide bonds. The van der Waals surface area contributed by atoms with Crippen LogP contribution in [0.4, 0.5) is 6.01 Å². The van der Waals surface area contributed by atoms with Gasteiger partial charge in [0.1, 0.15) is 5.82 Å². The molecule has 0 spiro atoms. The zero-order valence-corrected chi connectivity index (χ0v) is 14.5. The Morgan fingerprint density at radius 2 is 2.00 bits per heavy atom. The van der Waals surface area contributed by atoms with E-state index < -0.39 is 0 Å². The minimum Gasteiger partial charge on any atom is -0.408 e. The third-order valence-electron chi connectivity index (χ3n) is 5.70. The fraction of sp³-hybridized carbons (Fsp3) is 0.526. The lowest BCUT2D eigenvalue weighted by molar-refractivity contribution is 0.332. The van der Waals surface area contributed by atoms with Gasteiger partial charge >= 0.3 is 6.01 Å². The maximum absolute atomic E-state index is 5.96. The predicted octanol–water partition coefficient (Wildman–Crippen LogP) is 3.91. The smallest absolute Gasteiger partial charge is 0.318 e. The molecule has 6 nitrogen and oxygen atoms in total. The SMILES string of the molecule is Cc1cccc2[nH]c(C3CCCN(c4nnc(C5CCC5)o4)C3)nc12. The second kappa shape index (κ2) is 5.86. The van der Waals surface area contributed by atoms with Gasteiger partial charge in [-0.15, -0.1) is 5.10 Å². The van der Waals surface area contributed by atoms with Crippen LogP contribution in [0.2, 0.25) is 0 Å². The fourth-order valence-electron chi connectivity index (χ4n) is 3.94. The van der Waals surface area contributed by atoms with Crippen molar-refractivity contribution >= 4 is 17.0 Å². The monoisotopic (exact) mass is 337 g/mol. The topological polar surface area (TPSA) is 70.8 Å². The van der Waals surface area contributed by atoms with Gasteiger partial charge in [-0.25, -0.2) is 4.98 Å². The van der Waals surface area contributed by atoms with Crippen molar-refractivity contribution < 1.29 is 4.42 Å². The third kappa shape index (κ3) is 2.60. The van der Waals surface area contributed by atoms with Crippen LogP contribution in [0.3, 0.4) is 0 Å². The molecule has 2 fully saturated rings. The number of aromatic nitrogens is 4. The van der Waals surface area contributed by atoms with Crippen LogP contribution in [-0.2, 0) is 0 Å². The third-order valence-corrected chi connectivity index (χ3v) is 5.70. The Labute approximate surface area is 146 Å². The van der Waals surface area contributed by atoms with Gasteiger partial charge in [0.2, 0.25) is 5.89 Å². The molecule has 1 saturated carbocycles. The summed E-state index contributed by atoms with van der Waals surface area (Å²) in [5, 5.41) is 8.58. The molecule has 3 heterocycles. The Morgan fingerprint density at radius 3 is 2.80 bits per heavy atom. The van der Waals surface area contributed by atoms with Crippen molar-refractivity contribution in [2.24, 2.45) is 0 Å². The number of fused-ring (bicyclic) bond motifs is 1. The molecule has 1 aromatic carbocycles. The first-order valence-electron chi connectivity index (χ1n) is 9.31. The number of piperidine rings is 1. The number of hydrogen-bond acceptors (Lipinski definition) is 5. The molecule has 3 aromatic rings. The Morgan fingerprint density at radius 1 is 1.12 bits per heavy atom. The van der Waals surface area contributed by atoms with Gasteiger partial charge in [0.15, 0.2) is 0 Å². The van der Waals surface area contributed by atoms with Crippen molar-refractivity contribution in [1.29, 1.82) is 0 Å². The molecule has 130 valence electrons. The number of benzene rings is 1. The van der Waals surface area contributed by atoms with Crippen LogP contribution >= 0.6 is 0 Å². The second-order valence-electron chi connectivity index (χ2n) is 7.43. The number of imidazole rings is 1. The molecule has 1 atom stereocenters. The molecule has 25 heavy (non-hydrogen) atoms. The maximum atomic E-state index is 5.96. The van der Waals surface area contributed by atoms with Gasteiger partial charge in [-0.3, -0.25) is 0 Å². The second-order valence-corrected chi connectivity index (χ2v) is 7.43. The van der Waals surface area contributed by atoms with Gasteiger partial charge in [-0.1, -0.05) is 23.7 Å². The van der Waals surface area contributed by atoms with Crippen LogP contribution in [-0.4, -0.2) is 33.3 Å². The zero-order valence-electron chi connectivity index (χ0n) is 14.5. The van der Waals surface area contributed by atoms with Gasteiger partial charge in [-0.2, -0.15) is 0 Å². The standard InChI is InChI=1S/C19H23N5O/c1-12-5-2-9-15-16(12)21-17(20-15)14-8-4-10-24(11-14)19-23-22-18(25-19)13-6-3-7-13/h2,5,9,13-14H,3-4,6-8,10-11H2,1H3,(H,20,21). The van der Waals surface area contributed by atoms with Gasteiger partial charge in [0.05, 0.1) is 11.0 Å². The zero-order chi connectivity index (χ0) is 16.8. The average molecular weight is 337 g/mol. The number of nitrogens with zero attached hydrogens (tertiary/aromatic N) is 4. The Balaban J connectivity index is 1.37. The van der Waals surface area contributed by atoms with Crippen molar-refractivity contribution in [3.8, 4) is 0 Å². The minimum atomic E-state index is 0.375. The van der Waals surface area contributed by atoms with E-state index in [1.54, 1.807) is 0 Å². The lowest BCUT2D eigenvalue weighted by atomic mass is 9.85. The summed E-state index contributed by atoms with van der Waals surface area (Å²) in [7, 11) is 0. The first kappa shape index (κ1) is 14.9. The largest absolute Gasteiger partial charge is 0.408 e. The van der Waals surface area contributed by atoms with Gasteiger partial charge in [-0.05, 0) is 44.2 Å². The van der Waals surface area contributed by atoms with Gasteiger partial charge < -0.3 is 14.3 Å². The van der Waals surface area contributed by atoms with E-state index >= 15 is 0 Å². The Bertz CT molecular complexity index is 894. The van der Waals surface area contributed by atoms with E-state index in [0.717, 1.165) is 48.7 Å². The molecule has 1 saturated heterocycles. The molecule has 5 rings (SSSR count). The molecular weight excluding hydrogens is 314 g/mol. The first-order valence-corrected chi connectivity index (χ1v) is 9.31. The summed E-state index contributed by atoms with van der Waals surface area (Å²) < 4.78 is 5.96. The normalized spacial score (nSPS) is 21.6. The molecule has 2 aliphatic rings. The number of hydrogen-bond donors (Lipinski definition) is 1. The molecule has 6 heteroatoms. The summed E-state index contributed by atoms with van der Waals surface area (Å²) in [5.41, 5.74) is 3.42. The van der Waals surface area contributed by atoms with E-state index in [1.165, 1.54) is 24.8 Å². The van der Waals surface area contributed by atoms with Crippen LogP contribution in [0.25, 0.3) is 11.0 Å². The van der Waals surface area contributed by atoms with E-state index in [1.807, 2.05) is 0 Å². The van der Waals surface area contributed by atoms with E-state index in [9.17, 15) is 0 Å². The van der Waals surface area contributed by atoms with E-state index in [2.05, 4.69) is 45.2 Å². The molecule has 1 unspecified atom stereocenters. The van der Waals surface area contributed by atoms with Crippen molar-refractivity contribution in [2.75, 3.05) is 18.0 Å². The summed E-state index contributed by atoms with van der Waals surface area (Å²) in [5.74, 6) is 2.76. The highest BCUT2D eigenvalue weighted by Crippen LogP contribution is 2.37. The van der Waals surface area contributed by atoms with Crippen LogP contribution < -0.4 is 4.90 Å². The molecule has 2 aromatic heterocycles. The predicted molar refractivity (Wildman–Crippen MR) is 95.9 cm³/mol. The van der Waals surface area contributed by atoms with Crippen LogP contribution in [0.1, 0.15) is 61.2 Å². The highest BCUT2D eigenvalue weighted by molar-refractivity contribution is 5.78. The first-order chi connectivity index (χ1) is 12.3. The quantitative estimate of drug-likeness (QED) is 0.785. The molecule has 0 radical (unpaired) electrons. The number of H-pyrrole nitrogens is 1. The maximum Gasteiger partial charge on any atom is 0.318 e. The lowest BCUT2D eigenvalue weighted by Crippen LogP contribution is -2.35. The van der Waals surface area contributed by atoms with Crippen LogP contribution in [0.5, 0.6) is 0 Å². The lowest BCUT2D eigenvalue weighted by Gasteiger charge is -2.30. The van der Waals surface area contributed by atoms with Gasteiger partial charge in [0, 0.05) is 24.9 Å². The highest BCUT2D eigenvalue weighted by Gasteiger charge is 2.29. The summed E-state index contributed by atoms with van der Waals surface area (Å²) in [6.07, 6.45) is 5.89. The van der Waals surface area contributed by atoms with E-state index in [-0.39, 0.29) is 0 Å². The minimum absolute atomic E-state index is 0.375. The van der Waals surface area contributed by atoms with Crippen molar-refractivity contribution in [1.82, 2.24) is 20.2 Å². The summed E-state index contributed by atoms with van der Waals surface area (Å²) >= 11 is 0. The van der Waals surface area contributed by atoms with Crippen molar-refractivity contribution in [3.05, 3.63) is 35.5 Å². The Hall–Kier alpha value is -2.37. The summed E-state index contributed by atoms with van der Waals surface area (Å²) in [6.45, 7) is 3.97. The van der Waals surface area contributed by atoms with E-state index in [0.29, 0.717) is 17.9 Å². The number of rotatable bonds is 3. The summed E-state index contributed by atoms with van der Waals surface area (Å²) in [4.78, 5) is 10.6. The van der Waals surface area contributed by atoms with Crippen molar-refractivity contribution in [2.45, 2.75) is 50.9 Å². The van der Waals surface area contributed by atoms with Gasteiger partial charge in [0.25, 0.3) is 0 Å². The number of aryl methyl sites for hydroxylation is 1. The highest BCUT2D eigenvalue weighted by atomic mass is 16.4. The fourth-order valence-corrected chi connectivity index (χ4v) is 3.94. The molecule has 1 aliphatic carbocycles.